The Morgan fingerprint density at radius 2 is 2.21 bits per heavy atom. The average molecular weight is 200 g/mol. The van der Waals surface area contributed by atoms with Crippen LogP contribution in [-0.2, 0) is 5.54 Å². The van der Waals surface area contributed by atoms with Crippen molar-refractivity contribution in [3.05, 3.63) is 24.0 Å². The van der Waals surface area contributed by atoms with Gasteiger partial charge in [0, 0.05) is 18.7 Å². The predicted octanol–water partition coefficient (Wildman–Crippen LogP) is 1.28. The molecule has 0 bridgehead atoms. The average Bonchev–Trinajstić information content (AvgIpc) is 2.68. The van der Waals surface area contributed by atoms with Gasteiger partial charge in [-0.05, 0) is 6.07 Å². The maximum absolute atomic E-state index is 12.9. The summed E-state index contributed by atoms with van der Waals surface area (Å²) < 4.78 is 30.7. The maximum Gasteiger partial charge on any atom is 0.273 e. The lowest BCUT2D eigenvalue weighted by Crippen LogP contribution is -2.28. The first-order valence-electron chi connectivity index (χ1n) is 4.17. The summed E-state index contributed by atoms with van der Waals surface area (Å²) >= 11 is 0. The second kappa shape index (κ2) is 2.63. The molecule has 0 spiro atoms. The summed E-state index contributed by atoms with van der Waals surface area (Å²) in [7, 11) is 1.47. The third kappa shape index (κ3) is 1.16. The molecule has 5 heteroatoms. The standard InChI is InChI=1S/C9H10F2N2O/c1-14-6-2-3-13-7(4-6)8(12)5-9(8,10)11/h2-4H,5,12H2,1H3. The molecule has 1 aromatic rings. The molecule has 0 aromatic carbocycles. The van der Waals surface area contributed by atoms with Crippen molar-refractivity contribution in [3.8, 4) is 5.75 Å². The maximum atomic E-state index is 12.9. The van der Waals surface area contributed by atoms with Gasteiger partial charge in [0.15, 0.2) is 0 Å². The van der Waals surface area contributed by atoms with Crippen LogP contribution in [0.3, 0.4) is 0 Å². The molecule has 0 saturated heterocycles. The minimum atomic E-state index is -2.84. The summed E-state index contributed by atoms with van der Waals surface area (Å²) in [5, 5.41) is 0. The van der Waals surface area contributed by atoms with Crippen LogP contribution < -0.4 is 10.5 Å². The molecule has 2 rings (SSSR count). The highest BCUT2D eigenvalue weighted by atomic mass is 19.3. The third-order valence-corrected chi connectivity index (χ3v) is 2.45. The van der Waals surface area contributed by atoms with Crippen LogP contribution in [0.15, 0.2) is 18.3 Å². The van der Waals surface area contributed by atoms with Crippen molar-refractivity contribution in [2.24, 2.45) is 5.73 Å². The topological polar surface area (TPSA) is 48.1 Å². The van der Waals surface area contributed by atoms with Crippen molar-refractivity contribution >= 4 is 0 Å². The molecular weight excluding hydrogens is 190 g/mol. The number of aromatic nitrogens is 1. The number of nitrogens with two attached hydrogens (primary N) is 1. The lowest BCUT2D eigenvalue weighted by Gasteiger charge is -2.10. The Kier molecular flexibility index (Phi) is 1.75. The van der Waals surface area contributed by atoms with Gasteiger partial charge in [-0.15, -0.1) is 0 Å². The van der Waals surface area contributed by atoms with Crippen molar-refractivity contribution in [3.63, 3.8) is 0 Å². The Morgan fingerprint density at radius 3 is 2.71 bits per heavy atom. The molecule has 1 aliphatic carbocycles. The Bertz CT molecular complexity index is 370. The predicted molar refractivity (Wildman–Crippen MR) is 46.2 cm³/mol. The molecule has 1 aromatic heterocycles. The second-order valence-electron chi connectivity index (χ2n) is 3.43. The molecule has 0 aliphatic heterocycles. The van der Waals surface area contributed by atoms with Crippen LogP contribution in [0.5, 0.6) is 5.75 Å². The Labute approximate surface area is 79.9 Å². The van der Waals surface area contributed by atoms with Crippen LogP contribution in [0.4, 0.5) is 8.78 Å². The van der Waals surface area contributed by atoms with Gasteiger partial charge >= 0.3 is 0 Å². The fraction of sp³-hybridized carbons (Fsp3) is 0.444. The first kappa shape index (κ1) is 9.33. The zero-order chi connectivity index (χ0) is 10.4. The summed E-state index contributed by atoms with van der Waals surface area (Å²) in [5.41, 5.74) is 4.09. The minimum Gasteiger partial charge on any atom is -0.497 e. The highest BCUT2D eigenvalue weighted by molar-refractivity contribution is 5.35. The molecule has 3 nitrogen and oxygen atoms in total. The normalized spacial score (nSPS) is 28.6. The molecule has 2 N–H and O–H groups in total. The van der Waals surface area contributed by atoms with E-state index in [1.54, 1.807) is 6.07 Å². The second-order valence-corrected chi connectivity index (χ2v) is 3.43. The van der Waals surface area contributed by atoms with Gasteiger partial charge in [-0.1, -0.05) is 0 Å². The van der Waals surface area contributed by atoms with Gasteiger partial charge in [0.25, 0.3) is 5.92 Å². The quantitative estimate of drug-likeness (QED) is 0.782. The molecule has 0 amide bonds. The van der Waals surface area contributed by atoms with Gasteiger partial charge in [0.1, 0.15) is 11.3 Å². The number of halogens is 2. The van der Waals surface area contributed by atoms with E-state index in [0.717, 1.165) is 0 Å². The van der Waals surface area contributed by atoms with E-state index < -0.39 is 11.5 Å². The Morgan fingerprint density at radius 1 is 1.57 bits per heavy atom. The monoisotopic (exact) mass is 200 g/mol. The molecule has 0 radical (unpaired) electrons. The third-order valence-electron chi connectivity index (χ3n) is 2.45. The van der Waals surface area contributed by atoms with Crippen molar-refractivity contribution in [1.82, 2.24) is 4.98 Å². The number of methoxy groups -OCH3 is 1. The van der Waals surface area contributed by atoms with E-state index in [4.69, 9.17) is 10.5 Å². The highest BCUT2D eigenvalue weighted by Gasteiger charge is 2.71. The van der Waals surface area contributed by atoms with Crippen LogP contribution in [-0.4, -0.2) is 18.0 Å². The summed E-state index contributed by atoms with van der Waals surface area (Å²) in [6.45, 7) is 0. The summed E-state index contributed by atoms with van der Waals surface area (Å²) in [6.07, 6.45) is 1.07. The zero-order valence-electron chi connectivity index (χ0n) is 7.63. The summed E-state index contributed by atoms with van der Waals surface area (Å²) in [4.78, 5) is 3.83. The number of pyridine rings is 1. The number of nitrogens with zero attached hydrogens (tertiary/aromatic N) is 1. The molecule has 1 atom stereocenters. The lowest BCUT2D eigenvalue weighted by atomic mass is 10.1. The minimum absolute atomic E-state index is 0.182. The number of alkyl halides is 2. The first-order chi connectivity index (χ1) is 6.49. The van der Waals surface area contributed by atoms with Crippen molar-refractivity contribution in [2.45, 2.75) is 17.9 Å². The molecule has 1 unspecified atom stereocenters. The van der Waals surface area contributed by atoms with Gasteiger partial charge in [-0.2, -0.15) is 0 Å². The van der Waals surface area contributed by atoms with Crippen LogP contribution in [0.25, 0.3) is 0 Å². The Hall–Kier alpha value is -1.23. The van der Waals surface area contributed by atoms with Gasteiger partial charge in [-0.25, -0.2) is 8.78 Å². The SMILES string of the molecule is COc1ccnc(C2(N)CC2(F)F)c1. The van der Waals surface area contributed by atoms with Gasteiger partial charge < -0.3 is 10.5 Å². The van der Waals surface area contributed by atoms with E-state index in [2.05, 4.69) is 4.98 Å². The fourth-order valence-electron chi connectivity index (χ4n) is 1.37. The number of hydrogen-bond donors (Lipinski definition) is 1. The largest absolute Gasteiger partial charge is 0.497 e. The van der Waals surface area contributed by atoms with Crippen LogP contribution >= 0.6 is 0 Å². The number of rotatable bonds is 2. The van der Waals surface area contributed by atoms with Crippen molar-refractivity contribution < 1.29 is 13.5 Å². The number of hydrogen-bond acceptors (Lipinski definition) is 3. The zero-order valence-corrected chi connectivity index (χ0v) is 7.63. The lowest BCUT2D eigenvalue weighted by molar-refractivity contribution is 0.0880. The van der Waals surface area contributed by atoms with Crippen LogP contribution in [0, 0.1) is 0 Å². The molecule has 76 valence electrons. The molecule has 1 heterocycles. The number of ether oxygens (including phenoxy) is 1. The van der Waals surface area contributed by atoms with E-state index in [0.29, 0.717) is 5.75 Å². The summed E-state index contributed by atoms with van der Waals surface area (Å²) in [5.74, 6) is -2.35. The molecular formula is C9H10F2N2O. The van der Waals surface area contributed by atoms with E-state index in [-0.39, 0.29) is 12.1 Å². The van der Waals surface area contributed by atoms with Gasteiger partial charge in [0.2, 0.25) is 0 Å². The van der Waals surface area contributed by atoms with E-state index in [1.807, 2.05) is 0 Å². The smallest absolute Gasteiger partial charge is 0.273 e. The van der Waals surface area contributed by atoms with Crippen LogP contribution in [0.1, 0.15) is 12.1 Å². The van der Waals surface area contributed by atoms with Crippen molar-refractivity contribution in [2.75, 3.05) is 7.11 Å². The molecule has 1 saturated carbocycles. The highest BCUT2D eigenvalue weighted by Crippen LogP contribution is 2.57. The summed E-state index contributed by atoms with van der Waals surface area (Å²) in [6, 6.07) is 3.04. The molecule has 1 fully saturated rings. The van der Waals surface area contributed by atoms with E-state index >= 15 is 0 Å². The fourth-order valence-corrected chi connectivity index (χ4v) is 1.37. The Balaban J connectivity index is 2.34. The molecule has 1 aliphatic rings. The van der Waals surface area contributed by atoms with Gasteiger partial charge in [0.05, 0.1) is 12.8 Å². The van der Waals surface area contributed by atoms with Crippen molar-refractivity contribution in [1.29, 1.82) is 0 Å². The van der Waals surface area contributed by atoms with Crippen LogP contribution in [0.2, 0.25) is 0 Å². The first-order valence-corrected chi connectivity index (χ1v) is 4.17. The van der Waals surface area contributed by atoms with E-state index in [9.17, 15) is 8.78 Å². The van der Waals surface area contributed by atoms with Gasteiger partial charge in [-0.3, -0.25) is 4.98 Å². The molecule has 14 heavy (non-hydrogen) atoms. The van der Waals surface area contributed by atoms with E-state index in [1.165, 1.54) is 19.4 Å².